The van der Waals surface area contributed by atoms with Crippen molar-refractivity contribution in [1.29, 1.82) is 0 Å². The average molecular weight is 398 g/mol. The van der Waals surface area contributed by atoms with Crippen molar-refractivity contribution in [1.82, 2.24) is 15.7 Å². The molecule has 0 aliphatic rings. The number of aromatic nitrogens is 2. The maximum absolute atomic E-state index is 11.7. The Bertz CT molecular complexity index is 804. The van der Waals surface area contributed by atoms with Crippen molar-refractivity contribution in [3.63, 3.8) is 0 Å². The lowest BCUT2D eigenvalue weighted by atomic mass is 10.2. The monoisotopic (exact) mass is 397 g/mol. The first kappa shape index (κ1) is 17.4. The van der Waals surface area contributed by atoms with Gasteiger partial charge >= 0.3 is 5.97 Å². The number of hydrogen-bond donors (Lipinski definition) is 2. The molecule has 1 heterocycles. The number of ether oxygens (including phenoxy) is 2. The van der Waals surface area contributed by atoms with Gasteiger partial charge in [-0.1, -0.05) is 0 Å². The Hall–Kier alpha value is -2.95. The van der Waals surface area contributed by atoms with Gasteiger partial charge in [0.1, 0.15) is 0 Å². The van der Waals surface area contributed by atoms with Crippen LogP contribution in [0.1, 0.15) is 23.0 Å². The van der Waals surface area contributed by atoms with Gasteiger partial charge in [-0.05, 0) is 38.4 Å². The van der Waals surface area contributed by atoms with Crippen molar-refractivity contribution in [2.24, 2.45) is 5.10 Å². The van der Waals surface area contributed by atoms with Gasteiger partial charge in [-0.25, -0.2) is 10.1 Å². The predicted octanol–water partition coefficient (Wildman–Crippen LogP) is 1.11. The summed E-state index contributed by atoms with van der Waals surface area (Å²) >= 11 is 3.31. The summed E-state index contributed by atoms with van der Waals surface area (Å²) in [5, 5.41) is 10.4. The molecule has 3 N–H and O–H groups in total. The van der Waals surface area contributed by atoms with E-state index < -0.39 is 11.9 Å². The Morgan fingerprint density at radius 3 is 2.71 bits per heavy atom. The molecule has 0 aliphatic heterocycles. The summed E-state index contributed by atoms with van der Waals surface area (Å²) in [5.41, 5.74) is 8.02. The van der Waals surface area contributed by atoms with Gasteiger partial charge < -0.3 is 15.2 Å². The molecule has 1 aromatic heterocycles. The molecule has 0 aliphatic carbocycles. The van der Waals surface area contributed by atoms with Crippen molar-refractivity contribution in [2.45, 2.75) is 6.92 Å². The van der Waals surface area contributed by atoms with Gasteiger partial charge in [0.25, 0.3) is 5.91 Å². The van der Waals surface area contributed by atoms with E-state index >= 15 is 0 Å². The number of hydrazone groups is 1. The Labute approximate surface area is 144 Å². The third-order valence-electron chi connectivity index (χ3n) is 2.64. The summed E-state index contributed by atoms with van der Waals surface area (Å²) in [6, 6.07) is 3.12. The first-order valence-corrected chi connectivity index (χ1v) is 7.19. The number of nitrogens with zero attached hydrogens (tertiary/aromatic N) is 3. The van der Waals surface area contributed by atoms with E-state index in [2.05, 4.69) is 41.4 Å². The van der Waals surface area contributed by atoms with Crippen LogP contribution in [0.4, 0.5) is 5.82 Å². The predicted molar refractivity (Wildman–Crippen MR) is 85.8 cm³/mol. The highest BCUT2D eigenvalue weighted by Gasteiger charge is 2.15. The van der Waals surface area contributed by atoms with E-state index in [1.165, 1.54) is 20.2 Å². The minimum atomic E-state index is -0.676. The molecule has 1 amide bonds. The second-order valence-corrected chi connectivity index (χ2v) is 5.17. The number of esters is 1. The van der Waals surface area contributed by atoms with Crippen LogP contribution in [0.3, 0.4) is 0 Å². The van der Waals surface area contributed by atoms with Crippen LogP contribution < -0.4 is 20.6 Å². The van der Waals surface area contributed by atoms with Crippen molar-refractivity contribution in [3.8, 4) is 11.5 Å². The quantitative estimate of drug-likeness (QED) is 0.330. The van der Waals surface area contributed by atoms with Crippen molar-refractivity contribution in [2.75, 3.05) is 12.8 Å². The van der Waals surface area contributed by atoms with E-state index in [0.717, 1.165) is 0 Å². The van der Waals surface area contributed by atoms with Crippen LogP contribution in [0.25, 0.3) is 0 Å². The summed E-state index contributed by atoms with van der Waals surface area (Å²) in [5.74, 6) is -0.723. The molecule has 0 fully saturated rings. The number of methoxy groups -OCH3 is 1. The lowest BCUT2D eigenvalue weighted by molar-refractivity contribution is -0.132. The zero-order chi connectivity index (χ0) is 17.7. The topological polar surface area (TPSA) is 142 Å². The third kappa shape index (κ3) is 4.07. The highest BCUT2D eigenvalue weighted by Crippen LogP contribution is 2.33. The van der Waals surface area contributed by atoms with E-state index in [1.807, 2.05) is 0 Å². The van der Waals surface area contributed by atoms with Gasteiger partial charge in [-0.15, -0.1) is 0 Å². The van der Waals surface area contributed by atoms with Crippen LogP contribution in [-0.2, 0) is 4.79 Å². The van der Waals surface area contributed by atoms with E-state index in [4.69, 9.17) is 15.2 Å². The van der Waals surface area contributed by atoms with Crippen molar-refractivity contribution < 1.29 is 23.7 Å². The Morgan fingerprint density at radius 2 is 2.12 bits per heavy atom. The molecule has 0 radical (unpaired) electrons. The van der Waals surface area contributed by atoms with Crippen LogP contribution in [0.15, 0.2) is 26.3 Å². The fourth-order valence-corrected chi connectivity index (χ4v) is 2.04. The molecule has 126 valence electrons. The first-order chi connectivity index (χ1) is 11.4. The summed E-state index contributed by atoms with van der Waals surface area (Å²) in [7, 11) is 1.43. The molecule has 0 saturated carbocycles. The molecule has 0 spiro atoms. The zero-order valence-electron chi connectivity index (χ0n) is 12.6. The zero-order valence-corrected chi connectivity index (χ0v) is 14.2. The van der Waals surface area contributed by atoms with Gasteiger partial charge in [0, 0.05) is 17.0 Å². The van der Waals surface area contributed by atoms with Gasteiger partial charge in [0.2, 0.25) is 11.5 Å². The fraction of sp³-hybridized carbons (Fsp3) is 0.154. The van der Waals surface area contributed by atoms with E-state index in [1.54, 1.807) is 12.1 Å². The smallest absolute Gasteiger partial charge is 0.308 e. The van der Waals surface area contributed by atoms with Gasteiger partial charge in [-0.3, -0.25) is 9.59 Å². The largest absolute Gasteiger partial charge is 0.493 e. The molecule has 0 bridgehead atoms. The number of nitrogens with two attached hydrogens (primary N) is 1. The highest BCUT2D eigenvalue weighted by atomic mass is 79.9. The van der Waals surface area contributed by atoms with Crippen LogP contribution in [-0.4, -0.2) is 35.5 Å². The summed E-state index contributed by atoms with van der Waals surface area (Å²) < 4.78 is 15.1. The van der Waals surface area contributed by atoms with Crippen molar-refractivity contribution in [3.05, 3.63) is 27.9 Å². The molecular formula is C13H12BrN5O5. The number of carbonyl (C=O) groups is 2. The molecule has 2 rings (SSSR count). The number of carbonyl (C=O) groups excluding carboxylic acids is 2. The molecule has 2 aromatic rings. The number of benzene rings is 1. The third-order valence-corrected chi connectivity index (χ3v) is 3.32. The number of nitrogens with one attached hydrogen (secondary N) is 1. The SMILES string of the molecule is COc1cc(/C=N/NC(=O)c2nonc2N)c(Br)cc1OC(C)=O. The number of anilines is 1. The normalized spacial score (nSPS) is 10.6. The molecular weight excluding hydrogens is 386 g/mol. The Kier molecular flexibility index (Phi) is 5.47. The van der Waals surface area contributed by atoms with Crippen LogP contribution in [0.5, 0.6) is 11.5 Å². The molecule has 24 heavy (non-hydrogen) atoms. The number of hydrogen-bond acceptors (Lipinski definition) is 9. The standard InChI is InChI=1S/C13H12BrN5O5/c1-6(20)23-10-4-8(14)7(3-9(10)22-2)5-16-17-13(21)11-12(15)19-24-18-11/h3-5H,1-2H3,(H2,15,19)(H,17,21)/b16-5+. The molecule has 11 heteroatoms. The summed E-state index contributed by atoms with van der Waals surface area (Å²) in [6.45, 7) is 1.28. The number of rotatable bonds is 5. The van der Waals surface area contributed by atoms with Crippen LogP contribution in [0.2, 0.25) is 0 Å². The van der Waals surface area contributed by atoms with E-state index in [0.29, 0.717) is 15.8 Å². The van der Waals surface area contributed by atoms with Crippen molar-refractivity contribution >= 4 is 39.8 Å². The number of nitrogen functional groups attached to an aromatic ring is 1. The lowest BCUT2D eigenvalue weighted by Gasteiger charge is -2.10. The van der Waals surface area contributed by atoms with E-state index in [9.17, 15) is 9.59 Å². The first-order valence-electron chi connectivity index (χ1n) is 6.39. The fourth-order valence-electron chi connectivity index (χ4n) is 1.61. The molecule has 10 nitrogen and oxygen atoms in total. The molecule has 0 saturated heterocycles. The lowest BCUT2D eigenvalue weighted by Crippen LogP contribution is -2.19. The summed E-state index contributed by atoms with van der Waals surface area (Å²) in [4.78, 5) is 22.8. The minimum Gasteiger partial charge on any atom is -0.493 e. The van der Waals surface area contributed by atoms with Gasteiger partial charge in [0.05, 0.1) is 13.3 Å². The van der Waals surface area contributed by atoms with Crippen LogP contribution >= 0.6 is 15.9 Å². The Balaban J connectivity index is 2.15. The molecule has 1 aromatic carbocycles. The second kappa shape index (κ2) is 7.55. The maximum Gasteiger partial charge on any atom is 0.308 e. The number of amides is 1. The molecule has 0 unspecified atom stereocenters. The Morgan fingerprint density at radius 1 is 1.38 bits per heavy atom. The summed E-state index contributed by atoms with van der Waals surface area (Å²) in [6.07, 6.45) is 1.35. The average Bonchev–Trinajstić information content (AvgIpc) is 2.95. The van der Waals surface area contributed by atoms with Gasteiger partial charge in [0.15, 0.2) is 11.5 Å². The number of halogens is 1. The maximum atomic E-state index is 11.7. The minimum absolute atomic E-state index is 0.142. The van der Waals surface area contributed by atoms with Gasteiger partial charge in [-0.2, -0.15) is 5.10 Å². The second-order valence-electron chi connectivity index (χ2n) is 4.32. The van der Waals surface area contributed by atoms with E-state index in [-0.39, 0.29) is 17.3 Å². The van der Waals surface area contributed by atoms with Crippen LogP contribution in [0, 0.1) is 0 Å². The molecule has 0 atom stereocenters. The highest BCUT2D eigenvalue weighted by molar-refractivity contribution is 9.10.